The van der Waals surface area contributed by atoms with E-state index in [9.17, 15) is 4.79 Å². The Morgan fingerprint density at radius 2 is 2.00 bits per heavy atom. The molecular formula is C19H30N2O4. The van der Waals surface area contributed by atoms with Gasteiger partial charge in [0.05, 0.1) is 25.9 Å². The highest BCUT2D eigenvalue weighted by Crippen LogP contribution is 2.31. The molecule has 1 saturated heterocycles. The molecule has 1 aromatic carbocycles. The number of ether oxygens (including phenoxy) is 3. The van der Waals surface area contributed by atoms with Gasteiger partial charge in [0.25, 0.3) is 5.91 Å². The minimum absolute atomic E-state index is 0.0953. The highest BCUT2D eigenvalue weighted by molar-refractivity contribution is 5.81. The molecule has 1 aliphatic rings. The minimum Gasteiger partial charge on any atom is -0.490 e. The van der Waals surface area contributed by atoms with Crippen molar-refractivity contribution in [3.8, 4) is 11.5 Å². The molecule has 2 unspecified atom stereocenters. The first kappa shape index (κ1) is 19.5. The third kappa shape index (κ3) is 5.90. The Morgan fingerprint density at radius 3 is 2.64 bits per heavy atom. The molecule has 140 valence electrons. The topological polar surface area (TPSA) is 68.8 Å². The number of amides is 1. The summed E-state index contributed by atoms with van der Waals surface area (Å²) in [5.41, 5.74) is 0.979. The van der Waals surface area contributed by atoms with Crippen molar-refractivity contribution in [3.63, 3.8) is 0 Å². The maximum absolute atomic E-state index is 12.3. The molecule has 0 bridgehead atoms. The Hall–Kier alpha value is -1.79. The molecule has 1 fully saturated rings. The predicted octanol–water partition coefficient (Wildman–Crippen LogP) is 2.43. The average molecular weight is 350 g/mol. The van der Waals surface area contributed by atoms with Crippen molar-refractivity contribution in [1.82, 2.24) is 10.6 Å². The van der Waals surface area contributed by atoms with E-state index in [-0.39, 0.29) is 11.9 Å². The number of hydrogen-bond donors (Lipinski definition) is 2. The second-order valence-corrected chi connectivity index (χ2v) is 6.20. The van der Waals surface area contributed by atoms with E-state index in [1.807, 2.05) is 25.1 Å². The molecule has 6 heteroatoms. The van der Waals surface area contributed by atoms with Crippen LogP contribution in [-0.2, 0) is 9.53 Å². The lowest BCUT2D eigenvalue weighted by Gasteiger charge is -2.25. The molecule has 2 N–H and O–H groups in total. The fourth-order valence-corrected chi connectivity index (χ4v) is 2.57. The Balaban J connectivity index is 2.04. The van der Waals surface area contributed by atoms with Crippen LogP contribution < -0.4 is 20.1 Å². The van der Waals surface area contributed by atoms with E-state index >= 15 is 0 Å². The largest absolute Gasteiger partial charge is 0.490 e. The summed E-state index contributed by atoms with van der Waals surface area (Å²) in [5, 5.41) is 6.18. The van der Waals surface area contributed by atoms with Gasteiger partial charge in [0.1, 0.15) is 6.10 Å². The summed E-state index contributed by atoms with van der Waals surface area (Å²) in [6.07, 6.45) is 1.44. The van der Waals surface area contributed by atoms with Crippen LogP contribution in [0.4, 0.5) is 0 Å². The van der Waals surface area contributed by atoms with Crippen molar-refractivity contribution >= 4 is 5.91 Å². The predicted molar refractivity (Wildman–Crippen MR) is 97.2 cm³/mol. The van der Waals surface area contributed by atoms with Gasteiger partial charge in [-0.1, -0.05) is 19.9 Å². The number of benzene rings is 1. The quantitative estimate of drug-likeness (QED) is 0.716. The summed E-state index contributed by atoms with van der Waals surface area (Å²) in [7, 11) is 0. The lowest BCUT2D eigenvalue weighted by Crippen LogP contribution is -2.48. The first-order chi connectivity index (χ1) is 12.2. The first-order valence-corrected chi connectivity index (χ1v) is 9.18. The third-order valence-electron chi connectivity index (χ3n) is 3.97. The van der Waals surface area contributed by atoms with Gasteiger partial charge in [0.15, 0.2) is 11.5 Å². The fourth-order valence-electron chi connectivity index (χ4n) is 2.57. The smallest absolute Gasteiger partial charge is 0.250 e. The molecule has 0 aliphatic carbocycles. The maximum atomic E-state index is 12.3. The van der Waals surface area contributed by atoms with Gasteiger partial charge in [-0.05, 0) is 37.5 Å². The molecule has 2 atom stereocenters. The van der Waals surface area contributed by atoms with Crippen LogP contribution in [0.3, 0.4) is 0 Å². The van der Waals surface area contributed by atoms with Crippen molar-refractivity contribution in [3.05, 3.63) is 23.8 Å². The first-order valence-electron chi connectivity index (χ1n) is 9.18. The van der Waals surface area contributed by atoms with Crippen molar-refractivity contribution in [2.24, 2.45) is 0 Å². The molecule has 2 rings (SSSR count). The highest BCUT2D eigenvalue weighted by Gasteiger charge is 2.23. The molecule has 6 nitrogen and oxygen atoms in total. The fraction of sp³-hybridized carbons (Fsp3) is 0.632. The molecule has 0 saturated carbocycles. The van der Waals surface area contributed by atoms with E-state index in [0.29, 0.717) is 26.4 Å². The third-order valence-corrected chi connectivity index (χ3v) is 3.97. The van der Waals surface area contributed by atoms with Crippen LogP contribution in [0.15, 0.2) is 18.2 Å². The zero-order valence-corrected chi connectivity index (χ0v) is 15.5. The molecule has 25 heavy (non-hydrogen) atoms. The number of nitrogens with one attached hydrogen (secondary N) is 2. The summed E-state index contributed by atoms with van der Waals surface area (Å²) in [6, 6.07) is 5.69. The van der Waals surface area contributed by atoms with Gasteiger partial charge in [-0.15, -0.1) is 0 Å². The van der Waals surface area contributed by atoms with Gasteiger partial charge < -0.3 is 24.8 Å². The van der Waals surface area contributed by atoms with Crippen LogP contribution in [0, 0.1) is 0 Å². The highest BCUT2D eigenvalue weighted by atomic mass is 16.5. The van der Waals surface area contributed by atoms with E-state index in [1.54, 1.807) is 0 Å². The molecule has 0 aromatic heterocycles. The van der Waals surface area contributed by atoms with Crippen LogP contribution in [0.1, 0.15) is 45.2 Å². The van der Waals surface area contributed by atoms with Gasteiger partial charge in [0, 0.05) is 13.1 Å². The molecule has 1 aliphatic heterocycles. The van der Waals surface area contributed by atoms with Gasteiger partial charge >= 0.3 is 0 Å². The summed E-state index contributed by atoms with van der Waals surface area (Å²) in [5.74, 6) is 1.38. The molecule has 1 heterocycles. The number of morpholine rings is 1. The van der Waals surface area contributed by atoms with E-state index in [0.717, 1.165) is 36.4 Å². The van der Waals surface area contributed by atoms with Crippen molar-refractivity contribution in [2.75, 3.05) is 32.9 Å². The van der Waals surface area contributed by atoms with E-state index in [1.165, 1.54) is 0 Å². The molecule has 0 radical (unpaired) electrons. The Labute approximate surface area is 150 Å². The monoisotopic (exact) mass is 350 g/mol. The molecule has 1 amide bonds. The van der Waals surface area contributed by atoms with Crippen LogP contribution in [0.5, 0.6) is 11.5 Å². The number of hydrogen-bond acceptors (Lipinski definition) is 5. The maximum Gasteiger partial charge on any atom is 0.250 e. The van der Waals surface area contributed by atoms with Crippen LogP contribution in [0.25, 0.3) is 0 Å². The lowest BCUT2D eigenvalue weighted by molar-refractivity contribution is -0.134. The Morgan fingerprint density at radius 1 is 1.28 bits per heavy atom. The SMILES string of the molecule is CCCOc1ccc(C(C)NC(=O)C2CNCCO2)cc1OCCC. The Bertz CT molecular complexity index is 544. The molecular weight excluding hydrogens is 320 g/mol. The second-order valence-electron chi connectivity index (χ2n) is 6.20. The molecule has 1 aromatic rings. The number of carbonyl (C=O) groups excluding carboxylic acids is 1. The van der Waals surface area contributed by atoms with Crippen molar-refractivity contribution in [1.29, 1.82) is 0 Å². The summed E-state index contributed by atoms with van der Waals surface area (Å²) >= 11 is 0. The Kier molecular flexibility index (Phi) is 8.01. The van der Waals surface area contributed by atoms with E-state index < -0.39 is 6.10 Å². The van der Waals surface area contributed by atoms with Gasteiger partial charge in [-0.2, -0.15) is 0 Å². The average Bonchev–Trinajstić information content (AvgIpc) is 2.65. The zero-order chi connectivity index (χ0) is 18.1. The van der Waals surface area contributed by atoms with Crippen LogP contribution in [-0.4, -0.2) is 44.9 Å². The van der Waals surface area contributed by atoms with E-state index in [2.05, 4.69) is 24.5 Å². The van der Waals surface area contributed by atoms with Crippen LogP contribution in [0.2, 0.25) is 0 Å². The summed E-state index contributed by atoms with van der Waals surface area (Å²) < 4.78 is 17.1. The lowest BCUT2D eigenvalue weighted by atomic mass is 10.1. The van der Waals surface area contributed by atoms with Gasteiger partial charge in [-0.25, -0.2) is 0 Å². The zero-order valence-electron chi connectivity index (χ0n) is 15.5. The summed E-state index contributed by atoms with van der Waals surface area (Å²) in [4.78, 5) is 12.3. The van der Waals surface area contributed by atoms with Gasteiger partial charge in [0.2, 0.25) is 0 Å². The number of carbonyl (C=O) groups is 1. The number of rotatable bonds is 9. The van der Waals surface area contributed by atoms with Crippen molar-refractivity contribution < 1.29 is 19.0 Å². The normalized spacial score (nSPS) is 18.4. The van der Waals surface area contributed by atoms with Gasteiger partial charge in [-0.3, -0.25) is 4.79 Å². The minimum atomic E-state index is -0.431. The van der Waals surface area contributed by atoms with Crippen molar-refractivity contribution in [2.45, 2.75) is 45.8 Å². The van der Waals surface area contributed by atoms with Crippen LogP contribution >= 0.6 is 0 Å². The van der Waals surface area contributed by atoms with E-state index in [4.69, 9.17) is 14.2 Å². The molecule has 0 spiro atoms. The summed E-state index contributed by atoms with van der Waals surface area (Å²) in [6.45, 7) is 9.28. The standard InChI is InChI=1S/C19H30N2O4/c1-4-9-23-16-7-6-15(12-17(16)24-10-5-2)14(3)21-19(22)18-13-20-8-11-25-18/h6-7,12,14,18,20H,4-5,8-11,13H2,1-3H3,(H,21,22). The second kappa shape index (κ2) is 10.3.